The molecule has 1 rings (SSSR count). The molecule has 1 unspecified atom stereocenters. The van der Waals surface area contributed by atoms with Crippen molar-refractivity contribution in [3.63, 3.8) is 0 Å². The first-order valence-corrected chi connectivity index (χ1v) is 7.11. The van der Waals surface area contributed by atoms with Crippen LogP contribution in [0.25, 0.3) is 0 Å². The Labute approximate surface area is 106 Å². The average molecular weight is 259 g/mol. The first kappa shape index (κ1) is 14.5. The summed E-state index contributed by atoms with van der Waals surface area (Å²) in [6.07, 6.45) is 2.93. The van der Waals surface area contributed by atoms with Gasteiger partial charge in [-0.1, -0.05) is 30.3 Å². The summed E-state index contributed by atoms with van der Waals surface area (Å²) >= 11 is 1.73. The van der Waals surface area contributed by atoms with Crippen LogP contribution in [0.5, 0.6) is 0 Å². The quantitative estimate of drug-likeness (QED) is 0.804. The lowest BCUT2D eigenvalue weighted by Gasteiger charge is -2.20. The van der Waals surface area contributed by atoms with Gasteiger partial charge in [-0.2, -0.15) is 20.5 Å². The second kappa shape index (κ2) is 6.97. The Balaban J connectivity index is 2.45. The van der Waals surface area contributed by atoms with Crippen LogP contribution in [0, 0.1) is 0 Å². The second-order valence-electron chi connectivity index (χ2n) is 4.13. The molecule has 0 heterocycles. The van der Waals surface area contributed by atoms with Gasteiger partial charge in [-0.3, -0.25) is 0 Å². The third-order valence-electron chi connectivity index (χ3n) is 2.62. The molecule has 4 heteroatoms. The molecule has 0 aliphatic heterocycles. The van der Waals surface area contributed by atoms with Crippen molar-refractivity contribution in [2.75, 3.05) is 18.6 Å². The predicted octanol–water partition coefficient (Wildman–Crippen LogP) is 3.51. The second-order valence-corrected chi connectivity index (χ2v) is 5.12. The summed E-state index contributed by atoms with van der Waals surface area (Å²) in [6, 6.07) is 8.08. The molecule has 0 bridgehead atoms. The van der Waals surface area contributed by atoms with E-state index in [1.54, 1.807) is 30.0 Å². The van der Waals surface area contributed by atoms with Gasteiger partial charge in [0.15, 0.2) is 0 Å². The van der Waals surface area contributed by atoms with Gasteiger partial charge in [0, 0.05) is 11.6 Å². The molecule has 0 saturated carbocycles. The van der Waals surface area contributed by atoms with E-state index in [1.165, 1.54) is 12.1 Å². The normalized spacial score (nSPS) is 13.6. The van der Waals surface area contributed by atoms with Gasteiger partial charge < -0.3 is 5.32 Å². The van der Waals surface area contributed by atoms with Crippen molar-refractivity contribution in [3.8, 4) is 0 Å². The van der Waals surface area contributed by atoms with E-state index < -0.39 is 5.92 Å². The van der Waals surface area contributed by atoms with Crippen molar-refractivity contribution in [2.45, 2.75) is 25.3 Å². The summed E-state index contributed by atoms with van der Waals surface area (Å²) in [4.78, 5) is 0. The summed E-state index contributed by atoms with van der Waals surface area (Å²) in [5, 5.41) is 2.89. The molecular formula is C13H19F2NS. The first-order valence-electron chi connectivity index (χ1n) is 5.72. The Morgan fingerprint density at radius 2 is 1.94 bits per heavy atom. The Bertz CT molecular complexity index is 316. The lowest BCUT2D eigenvalue weighted by molar-refractivity contribution is -0.00533. The highest BCUT2D eigenvalue weighted by Crippen LogP contribution is 2.26. The number of hydrogen-bond acceptors (Lipinski definition) is 2. The highest BCUT2D eigenvalue weighted by Gasteiger charge is 2.31. The molecular weight excluding hydrogens is 240 g/mol. The minimum atomic E-state index is -2.80. The van der Waals surface area contributed by atoms with E-state index in [0.717, 1.165) is 12.2 Å². The maximum absolute atomic E-state index is 13.8. The van der Waals surface area contributed by atoms with Gasteiger partial charge in [0.05, 0.1) is 6.54 Å². The topological polar surface area (TPSA) is 12.0 Å². The van der Waals surface area contributed by atoms with Crippen molar-refractivity contribution < 1.29 is 8.78 Å². The average Bonchev–Trinajstić information content (AvgIpc) is 2.35. The van der Waals surface area contributed by atoms with E-state index in [4.69, 9.17) is 0 Å². The van der Waals surface area contributed by atoms with E-state index in [2.05, 4.69) is 5.32 Å². The maximum Gasteiger partial charge on any atom is 0.285 e. The zero-order valence-electron chi connectivity index (χ0n) is 10.2. The van der Waals surface area contributed by atoms with Gasteiger partial charge in [0.1, 0.15) is 0 Å². The fraction of sp³-hybridized carbons (Fsp3) is 0.538. The molecule has 1 aromatic rings. The third-order valence-corrected chi connectivity index (χ3v) is 3.27. The number of hydrogen-bond donors (Lipinski definition) is 1. The van der Waals surface area contributed by atoms with Crippen LogP contribution < -0.4 is 5.32 Å². The molecule has 0 fully saturated rings. The summed E-state index contributed by atoms with van der Waals surface area (Å²) in [7, 11) is 0. The third kappa shape index (κ3) is 5.04. The van der Waals surface area contributed by atoms with Gasteiger partial charge in [-0.25, -0.2) is 0 Å². The van der Waals surface area contributed by atoms with Gasteiger partial charge in [0.2, 0.25) is 0 Å². The largest absolute Gasteiger partial charge is 0.308 e. The summed E-state index contributed by atoms with van der Waals surface area (Å²) in [6.45, 7) is 1.64. The summed E-state index contributed by atoms with van der Waals surface area (Å²) in [5.41, 5.74) is 0.0737. The monoisotopic (exact) mass is 259 g/mol. The SMILES string of the molecule is CSCCC(C)NCC(F)(F)c1ccccc1. The van der Waals surface area contributed by atoms with Crippen LogP contribution in [0.15, 0.2) is 30.3 Å². The fourth-order valence-corrected chi connectivity index (χ4v) is 2.07. The molecule has 0 aliphatic carbocycles. The molecule has 1 atom stereocenters. The molecule has 0 saturated heterocycles. The van der Waals surface area contributed by atoms with Gasteiger partial charge in [0.25, 0.3) is 5.92 Å². The highest BCUT2D eigenvalue weighted by atomic mass is 32.2. The Kier molecular flexibility index (Phi) is 5.92. The lowest BCUT2D eigenvalue weighted by Crippen LogP contribution is -2.36. The van der Waals surface area contributed by atoms with Crippen molar-refractivity contribution in [1.82, 2.24) is 5.32 Å². The minimum Gasteiger partial charge on any atom is -0.308 e. The van der Waals surface area contributed by atoms with Gasteiger partial charge >= 0.3 is 0 Å². The van der Waals surface area contributed by atoms with E-state index >= 15 is 0 Å². The van der Waals surface area contributed by atoms with Crippen molar-refractivity contribution in [2.24, 2.45) is 0 Å². The summed E-state index contributed by atoms with van der Waals surface area (Å²) < 4.78 is 27.5. The molecule has 1 N–H and O–H groups in total. The van der Waals surface area contributed by atoms with E-state index in [9.17, 15) is 8.78 Å². The molecule has 0 aromatic heterocycles. The minimum absolute atomic E-state index is 0.0737. The Morgan fingerprint density at radius 1 is 1.29 bits per heavy atom. The number of benzene rings is 1. The zero-order chi connectivity index (χ0) is 12.7. The Hall–Kier alpha value is -0.610. The van der Waals surface area contributed by atoms with Crippen LogP contribution in [0.1, 0.15) is 18.9 Å². The van der Waals surface area contributed by atoms with Crippen molar-refractivity contribution in [1.29, 1.82) is 0 Å². The lowest BCUT2D eigenvalue weighted by atomic mass is 10.1. The van der Waals surface area contributed by atoms with Crippen molar-refractivity contribution >= 4 is 11.8 Å². The maximum atomic E-state index is 13.8. The van der Waals surface area contributed by atoms with E-state index in [1.807, 2.05) is 13.2 Å². The van der Waals surface area contributed by atoms with Gasteiger partial charge in [-0.15, -0.1) is 0 Å². The molecule has 1 nitrogen and oxygen atoms in total. The van der Waals surface area contributed by atoms with Crippen LogP contribution >= 0.6 is 11.8 Å². The molecule has 17 heavy (non-hydrogen) atoms. The number of alkyl halides is 2. The van der Waals surface area contributed by atoms with E-state index in [0.29, 0.717) is 0 Å². The molecule has 0 amide bonds. The van der Waals surface area contributed by atoms with Crippen LogP contribution in [-0.4, -0.2) is 24.6 Å². The molecule has 0 aliphatic rings. The molecule has 0 spiro atoms. The smallest absolute Gasteiger partial charge is 0.285 e. The number of halogens is 2. The number of rotatable bonds is 7. The van der Waals surface area contributed by atoms with Crippen LogP contribution in [-0.2, 0) is 5.92 Å². The fourth-order valence-electron chi connectivity index (χ4n) is 1.48. The molecule has 0 radical (unpaired) electrons. The Morgan fingerprint density at radius 3 is 2.53 bits per heavy atom. The van der Waals surface area contributed by atoms with Crippen LogP contribution in [0.4, 0.5) is 8.78 Å². The zero-order valence-corrected chi connectivity index (χ0v) is 11.1. The van der Waals surface area contributed by atoms with Gasteiger partial charge in [-0.05, 0) is 25.4 Å². The summed E-state index contributed by atoms with van der Waals surface area (Å²) in [5.74, 6) is -1.81. The predicted molar refractivity (Wildman–Crippen MR) is 70.8 cm³/mol. The van der Waals surface area contributed by atoms with Crippen LogP contribution in [0.2, 0.25) is 0 Å². The highest BCUT2D eigenvalue weighted by molar-refractivity contribution is 7.98. The van der Waals surface area contributed by atoms with Crippen LogP contribution in [0.3, 0.4) is 0 Å². The first-order chi connectivity index (χ1) is 8.06. The number of nitrogens with one attached hydrogen (secondary N) is 1. The standard InChI is InChI=1S/C13H19F2NS/c1-11(8-9-17-2)16-10-13(14,15)12-6-4-3-5-7-12/h3-7,11,16H,8-10H2,1-2H3. The van der Waals surface area contributed by atoms with Crippen molar-refractivity contribution in [3.05, 3.63) is 35.9 Å². The molecule has 1 aromatic carbocycles. The molecule has 96 valence electrons. The van der Waals surface area contributed by atoms with E-state index in [-0.39, 0.29) is 18.2 Å². The number of thioether (sulfide) groups is 1.